The normalized spacial score (nSPS) is 16.1. The molecule has 0 bridgehead atoms. The van der Waals surface area contributed by atoms with Gasteiger partial charge in [0.15, 0.2) is 11.5 Å². The lowest BCUT2D eigenvalue weighted by molar-refractivity contribution is -0.122. The minimum Gasteiger partial charge on any atom is -0.454 e. The number of nitrogens with zero attached hydrogens (tertiary/aromatic N) is 2. The van der Waals surface area contributed by atoms with Crippen LogP contribution in [0.25, 0.3) is 11.1 Å². The highest BCUT2D eigenvalue weighted by atomic mass is 32.2. The first-order valence-electron chi connectivity index (χ1n) is 10.6. The summed E-state index contributed by atoms with van der Waals surface area (Å²) >= 11 is 2.43. The maximum atomic E-state index is 13.0. The van der Waals surface area contributed by atoms with Crippen LogP contribution in [0.1, 0.15) is 26.4 Å². The monoisotopic (exact) mass is 495 g/mol. The van der Waals surface area contributed by atoms with Crippen molar-refractivity contribution in [3.8, 4) is 16.5 Å². The number of carbonyl (C=O) groups is 3. The smallest absolute Gasteiger partial charge is 0.293 e. The molecule has 1 N–H and O–H groups in total. The van der Waals surface area contributed by atoms with Crippen molar-refractivity contribution < 1.29 is 23.9 Å². The van der Waals surface area contributed by atoms with E-state index in [4.69, 9.17) is 9.47 Å². The summed E-state index contributed by atoms with van der Waals surface area (Å²) in [5.41, 5.74) is 2.27. The lowest BCUT2D eigenvalue weighted by Crippen LogP contribution is -2.37. The summed E-state index contributed by atoms with van der Waals surface area (Å²) in [5, 5.41) is 3.35. The Balaban J connectivity index is 1.24. The maximum absolute atomic E-state index is 13.0. The molecule has 2 aromatic heterocycles. The van der Waals surface area contributed by atoms with Crippen LogP contribution in [0.15, 0.2) is 47.6 Å². The summed E-state index contributed by atoms with van der Waals surface area (Å²) in [6.45, 7) is 4.32. The van der Waals surface area contributed by atoms with E-state index in [0.717, 1.165) is 37.7 Å². The van der Waals surface area contributed by atoms with E-state index in [0.29, 0.717) is 22.0 Å². The van der Waals surface area contributed by atoms with E-state index in [-0.39, 0.29) is 36.9 Å². The number of nitrogens with one attached hydrogen (secondary N) is 1. The number of ether oxygens (including phenoxy) is 2. The van der Waals surface area contributed by atoms with Crippen molar-refractivity contribution in [3.05, 3.63) is 69.2 Å². The fraction of sp³-hybridized carbons (Fsp3) is 0.208. The van der Waals surface area contributed by atoms with Crippen molar-refractivity contribution in [3.63, 3.8) is 0 Å². The van der Waals surface area contributed by atoms with Crippen molar-refractivity contribution in [2.75, 3.05) is 19.9 Å². The van der Waals surface area contributed by atoms with E-state index >= 15 is 0 Å². The molecule has 10 heteroatoms. The first-order chi connectivity index (χ1) is 16.4. The molecule has 1 fully saturated rings. The third kappa shape index (κ3) is 4.10. The second kappa shape index (κ2) is 9.03. The minimum absolute atomic E-state index is 0.0932. The Labute approximate surface area is 204 Å². The van der Waals surface area contributed by atoms with Crippen molar-refractivity contribution in [2.45, 2.75) is 13.8 Å². The molecular formula is C24H21N3O5S2. The van der Waals surface area contributed by atoms with Gasteiger partial charge in [-0.25, -0.2) is 0 Å². The Kier molecular flexibility index (Phi) is 5.93. The largest absolute Gasteiger partial charge is 0.454 e. The third-order valence-corrected chi connectivity index (χ3v) is 7.75. The molecule has 8 nitrogen and oxygen atoms in total. The van der Waals surface area contributed by atoms with Crippen LogP contribution in [0.2, 0.25) is 0 Å². The standard InChI is InChI=1S/C24H21N3O5S2/c1-14-15(2)33-23(26-8-3-4-9-26)20(14)21(28)25-7-10-27-22(29)19(34-24(27)30)12-16-5-6-17-18(11-16)32-13-31-17/h3-6,8-9,11-12H,7,10,13H2,1-2H3,(H,25,28)/b19-12-. The molecule has 3 amide bonds. The summed E-state index contributed by atoms with van der Waals surface area (Å²) in [5.74, 6) is 0.650. The lowest BCUT2D eigenvalue weighted by atomic mass is 10.1. The second-order valence-electron chi connectivity index (χ2n) is 7.76. The molecule has 0 spiro atoms. The van der Waals surface area contributed by atoms with Crippen LogP contribution in [0.5, 0.6) is 11.5 Å². The summed E-state index contributed by atoms with van der Waals surface area (Å²) < 4.78 is 12.6. The number of hydrogen-bond donors (Lipinski definition) is 1. The van der Waals surface area contributed by atoms with Gasteiger partial charge in [-0.15, -0.1) is 11.3 Å². The molecule has 0 unspecified atom stereocenters. The Bertz CT molecular complexity index is 1330. The highest BCUT2D eigenvalue weighted by Crippen LogP contribution is 2.36. The molecule has 3 aromatic rings. The van der Waals surface area contributed by atoms with Crippen molar-refractivity contribution in [1.82, 2.24) is 14.8 Å². The Morgan fingerprint density at radius 2 is 1.91 bits per heavy atom. The SMILES string of the molecule is Cc1sc(-n2cccc2)c(C(=O)NCCN2C(=O)S/C(=C\c3ccc4c(c3)OCO4)C2=O)c1C. The number of aryl methyl sites for hydroxylation is 1. The van der Waals surface area contributed by atoms with Crippen LogP contribution in [0.4, 0.5) is 4.79 Å². The van der Waals surface area contributed by atoms with Gasteiger partial charge in [-0.3, -0.25) is 19.3 Å². The third-order valence-electron chi connectivity index (χ3n) is 5.62. The van der Waals surface area contributed by atoms with Crippen LogP contribution in [0, 0.1) is 13.8 Å². The molecule has 4 heterocycles. The van der Waals surface area contributed by atoms with Gasteiger partial charge >= 0.3 is 0 Å². The van der Waals surface area contributed by atoms with Crippen LogP contribution in [0.3, 0.4) is 0 Å². The number of imide groups is 1. The molecule has 2 aliphatic rings. The molecule has 0 atom stereocenters. The highest BCUT2D eigenvalue weighted by molar-refractivity contribution is 8.18. The zero-order valence-electron chi connectivity index (χ0n) is 18.5. The van der Waals surface area contributed by atoms with Crippen LogP contribution in [-0.4, -0.2) is 46.4 Å². The van der Waals surface area contributed by atoms with E-state index in [2.05, 4.69) is 5.32 Å². The van der Waals surface area contributed by atoms with Crippen LogP contribution in [-0.2, 0) is 4.79 Å². The predicted molar refractivity (Wildman–Crippen MR) is 131 cm³/mol. The number of amides is 3. The number of benzene rings is 1. The molecule has 2 aliphatic heterocycles. The average molecular weight is 496 g/mol. The van der Waals surface area contributed by atoms with Gasteiger partial charge in [-0.05, 0) is 67.1 Å². The van der Waals surface area contributed by atoms with Crippen molar-refractivity contribution in [1.29, 1.82) is 0 Å². The van der Waals surface area contributed by atoms with Gasteiger partial charge in [0.25, 0.3) is 17.1 Å². The Morgan fingerprint density at radius 3 is 2.71 bits per heavy atom. The predicted octanol–water partition coefficient (Wildman–Crippen LogP) is 4.35. The van der Waals surface area contributed by atoms with E-state index < -0.39 is 0 Å². The summed E-state index contributed by atoms with van der Waals surface area (Å²) in [4.78, 5) is 40.8. The lowest BCUT2D eigenvalue weighted by Gasteiger charge is -2.13. The van der Waals surface area contributed by atoms with Gasteiger partial charge in [-0.2, -0.15) is 0 Å². The molecule has 5 rings (SSSR count). The number of carbonyl (C=O) groups excluding carboxylic acids is 3. The second-order valence-corrected chi connectivity index (χ2v) is 9.95. The van der Waals surface area contributed by atoms with Gasteiger partial charge in [-0.1, -0.05) is 6.07 Å². The fourth-order valence-corrected chi connectivity index (χ4v) is 5.73. The molecule has 174 valence electrons. The first kappa shape index (κ1) is 22.3. The average Bonchev–Trinajstić information content (AvgIpc) is 3.59. The Hall–Kier alpha value is -3.50. The zero-order valence-corrected chi connectivity index (χ0v) is 20.1. The number of fused-ring (bicyclic) bond motifs is 1. The fourth-order valence-electron chi connectivity index (χ4n) is 3.74. The van der Waals surface area contributed by atoms with Crippen LogP contribution < -0.4 is 14.8 Å². The molecular weight excluding hydrogens is 474 g/mol. The van der Waals surface area contributed by atoms with E-state index in [1.54, 1.807) is 35.6 Å². The quantitative estimate of drug-likeness (QED) is 0.512. The number of hydrogen-bond acceptors (Lipinski definition) is 7. The van der Waals surface area contributed by atoms with E-state index in [1.165, 1.54) is 0 Å². The highest BCUT2D eigenvalue weighted by Gasteiger charge is 2.35. The summed E-state index contributed by atoms with van der Waals surface area (Å²) in [6, 6.07) is 9.15. The topological polar surface area (TPSA) is 89.9 Å². The Morgan fingerprint density at radius 1 is 1.15 bits per heavy atom. The first-order valence-corrected chi connectivity index (χ1v) is 12.2. The number of thiophene rings is 1. The van der Waals surface area contributed by atoms with E-state index in [1.807, 2.05) is 42.9 Å². The molecule has 0 radical (unpaired) electrons. The summed E-state index contributed by atoms with van der Waals surface area (Å²) in [7, 11) is 0. The molecule has 0 saturated carbocycles. The van der Waals surface area contributed by atoms with E-state index in [9.17, 15) is 14.4 Å². The number of rotatable bonds is 6. The molecule has 34 heavy (non-hydrogen) atoms. The maximum Gasteiger partial charge on any atom is 0.293 e. The zero-order chi connectivity index (χ0) is 23.8. The van der Waals surface area contributed by atoms with Crippen molar-refractivity contribution in [2.24, 2.45) is 0 Å². The van der Waals surface area contributed by atoms with Crippen molar-refractivity contribution >= 4 is 46.2 Å². The van der Waals surface area contributed by atoms with Crippen LogP contribution >= 0.6 is 23.1 Å². The summed E-state index contributed by atoms with van der Waals surface area (Å²) in [6.07, 6.45) is 5.45. The van der Waals surface area contributed by atoms with Gasteiger partial charge in [0.05, 0.1) is 10.5 Å². The van der Waals surface area contributed by atoms with Gasteiger partial charge in [0.1, 0.15) is 5.00 Å². The molecule has 1 aromatic carbocycles. The number of aromatic nitrogens is 1. The minimum atomic E-state index is -0.377. The molecule has 0 aliphatic carbocycles. The molecule has 1 saturated heterocycles. The van der Waals surface area contributed by atoms with Gasteiger partial charge in [0, 0.05) is 30.4 Å². The number of thioether (sulfide) groups is 1. The van der Waals surface area contributed by atoms with Gasteiger partial charge < -0.3 is 19.4 Å². The van der Waals surface area contributed by atoms with Gasteiger partial charge in [0.2, 0.25) is 6.79 Å².